The first kappa shape index (κ1) is 31.0. The van der Waals surface area contributed by atoms with Crippen LogP contribution in [0, 0.1) is 0 Å². The summed E-state index contributed by atoms with van der Waals surface area (Å²) >= 11 is 0. The van der Waals surface area contributed by atoms with Crippen LogP contribution in [0.4, 0.5) is 0 Å². The standard InChI is InChI=1S/C49H32N2O2S/c1-2-46-50-42-22-11-23-45-49(42)51(46)43-29-33(25-27-44(43)54(45,52)53)32-24-26-40-41(28-32)48(37-21-10-15-31-13-4-6-17-35(31)37)39-19-8-7-18-38(39)47(40)36-20-9-14-30-12-3-5-16-34(30)36/h3-29H,2H2,1H3. The highest BCUT2D eigenvalue weighted by molar-refractivity contribution is 7.92. The topological polar surface area (TPSA) is 52.0 Å². The lowest BCUT2D eigenvalue weighted by atomic mass is 9.83. The van der Waals surface area contributed by atoms with Gasteiger partial charge in [0.15, 0.2) is 0 Å². The molecule has 0 radical (unpaired) electrons. The Morgan fingerprint density at radius 3 is 1.70 bits per heavy atom. The zero-order valence-corrected chi connectivity index (χ0v) is 30.2. The van der Waals surface area contributed by atoms with Gasteiger partial charge in [0.25, 0.3) is 0 Å². The normalized spacial score (nSPS) is 13.3. The second kappa shape index (κ2) is 11.5. The largest absolute Gasteiger partial charge is 0.294 e. The molecule has 10 aromatic rings. The molecule has 5 heteroatoms. The molecular formula is C49H32N2O2S. The van der Waals surface area contributed by atoms with Crippen molar-refractivity contribution in [3.05, 3.63) is 170 Å². The number of aromatic nitrogens is 2. The third kappa shape index (κ3) is 4.30. The van der Waals surface area contributed by atoms with E-state index in [0.29, 0.717) is 32.9 Å². The predicted molar refractivity (Wildman–Crippen MR) is 222 cm³/mol. The Morgan fingerprint density at radius 1 is 0.500 bits per heavy atom. The van der Waals surface area contributed by atoms with Crippen LogP contribution in [0.15, 0.2) is 174 Å². The quantitative estimate of drug-likeness (QED) is 0.171. The average molecular weight is 713 g/mol. The minimum Gasteiger partial charge on any atom is -0.294 e. The number of imidazole rings is 1. The molecule has 1 aromatic heterocycles. The van der Waals surface area contributed by atoms with Crippen molar-refractivity contribution >= 4 is 64.0 Å². The third-order valence-corrected chi connectivity index (χ3v) is 13.1. The maximum Gasteiger partial charge on any atom is 0.210 e. The van der Waals surface area contributed by atoms with Gasteiger partial charge in [-0.2, -0.15) is 0 Å². The molecule has 54 heavy (non-hydrogen) atoms. The van der Waals surface area contributed by atoms with Crippen molar-refractivity contribution < 1.29 is 8.42 Å². The Balaban J connectivity index is 1.25. The zero-order valence-electron chi connectivity index (χ0n) is 29.4. The van der Waals surface area contributed by atoms with Crippen LogP contribution < -0.4 is 0 Å². The van der Waals surface area contributed by atoms with Crippen LogP contribution >= 0.6 is 0 Å². The fraction of sp³-hybridized carbons (Fsp3) is 0.0408. The van der Waals surface area contributed by atoms with Crippen molar-refractivity contribution in [3.8, 4) is 39.1 Å². The fourth-order valence-corrected chi connectivity index (χ4v) is 10.5. The smallest absolute Gasteiger partial charge is 0.210 e. The van der Waals surface area contributed by atoms with Gasteiger partial charge in [0.1, 0.15) is 5.82 Å². The molecule has 0 amide bonds. The first-order valence-corrected chi connectivity index (χ1v) is 19.8. The number of nitrogens with zero attached hydrogens (tertiary/aromatic N) is 2. The molecule has 2 heterocycles. The van der Waals surface area contributed by atoms with Crippen LogP contribution in [-0.2, 0) is 16.3 Å². The van der Waals surface area contributed by atoms with Gasteiger partial charge in [0, 0.05) is 6.42 Å². The summed E-state index contributed by atoms with van der Waals surface area (Å²) in [5.74, 6) is 0.841. The first-order chi connectivity index (χ1) is 26.5. The Morgan fingerprint density at radius 2 is 1.04 bits per heavy atom. The minimum atomic E-state index is -3.74. The summed E-state index contributed by atoms with van der Waals surface area (Å²) in [5, 5.41) is 9.49. The lowest BCUT2D eigenvalue weighted by Gasteiger charge is -2.22. The summed E-state index contributed by atoms with van der Waals surface area (Å²) in [6.07, 6.45) is 0.673. The maximum absolute atomic E-state index is 14.1. The van der Waals surface area contributed by atoms with Gasteiger partial charge in [-0.15, -0.1) is 0 Å². The van der Waals surface area contributed by atoms with E-state index in [0.717, 1.165) is 27.7 Å². The molecule has 0 saturated heterocycles. The molecule has 1 aliphatic heterocycles. The van der Waals surface area contributed by atoms with Crippen LogP contribution in [0.3, 0.4) is 0 Å². The van der Waals surface area contributed by atoms with E-state index >= 15 is 0 Å². The van der Waals surface area contributed by atoms with Crippen molar-refractivity contribution in [2.45, 2.75) is 23.1 Å². The summed E-state index contributed by atoms with van der Waals surface area (Å²) < 4.78 is 30.2. The van der Waals surface area contributed by atoms with Crippen LogP contribution in [0.5, 0.6) is 0 Å². The van der Waals surface area contributed by atoms with Crippen LogP contribution in [-0.4, -0.2) is 18.0 Å². The lowest BCUT2D eigenvalue weighted by Crippen LogP contribution is -2.15. The number of sulfone groups is 1. The van der Waals surface area contributed by atoms with Crippen molar-refractivity contribution in [3.63, 3.8) is 0 Å². The summed E-state index contributed by atoms with van der Waals surface area (Å²) in [6.45, 7) is 2.06. The monoisotopic (exact) mass is 712 g/mol. The molecule has 9 aromatic carbocycles. The highest BCUT2D eigenvalue weighted by Crippen LogP contribution is 2.48. The second-order valence-electron chi connectivity index (χ2n) is 14.1. The van der Waals surface area contributed by atoms with Gasteiger partial charge >= 0.3 is 0 Å². The van der Waals surface area contributed by atoms with E-state index in [4.69, 9.17) is 4.98 Å². The van der Waals surface area contributed by atoms with Gasteiger partial charge in [0.05, 0.1) is 26.5 Å². The van der Waals surface area contributed by atoms with Crippen molar-refractivity contribution in [1.82, 2.24) is 9.55 Å². The molecule has 0 fully saturated rings. The van der Waals surface area contributed by atoms with E-state index in [2.05, 4.69) is 139 Å². The molecule has 0 N–H and O–H groups in total. The SMILES string of the molecule is CCc1nc2cccc3c2n1-c1cc(-c2ccc4c(-c5cccc6ccccc56)c5ccccc5c(-c5cccc6ccccc56)c4c2)ccc1S3(=O)=O. The van der Waals surface area contributed by atoms with Crippen molar-refractivity contribution in [2.75, 3.05) is 0 Å². The minimum absolute atomic E-state index is 0.306. The summed E-state index contributed by atoms with van der Waals surface area (Å²) in [7, 11) is -3.74. The number of para-hydroxylation sites is 1. The van der Waals surface area contributed by atoms with Crippen LogP contribution in [0.2, 0.25) is 0 Å². The zero-order chi connectivity index (χ0) is 36.1. The molecule has 0 aliphatic carbocycles. The number of benzene rings is 9. The fourth-order valence-electron chi connectivity index (χ4n) is 8.90. The van der Waals surface area contributed by atoms with Crippen LogP contribution in [0.1, 0.15) is 12.7 Å². The second-order valence-corrected chi connectivity index (χ2v) is 16.0. The van der Waals surface area contributed by atoms with E-state index < -0.39 is 9.84 Å². The molecule has 1 aliphatic rings. The molecule has 256 valence electrons. The molecule has 0 atom stereocenters. The van der Waals surface area contributed by atoms with Gasteiger partial charge in [-0.1, -0.05) is 140 Å². The average Bonchev–Trinajstić information content (AvgIpc) is 3.61. The maximum atomic E-state index is 14.1. The number of aryl methyl sites for hydroxylation is 1. The number of hydrogen-bond donors (Lipinski definition) is 0. The Kier molecular flexibility index (Phi) is 6.59. The van der Waals surface area contributed by atoms with Crippen molar-refractivity contribution in [2.24, 2.45) is 0 Å². The van der Waals surface area contributed by atoms with Crippen molar-refractivity contribution in [1.29, 1.82) is 0 Å². The van der Waals surface area contributed by atoms with E-state index in [1.165, 1.54) is 54.6 Å². The molecule has 0 bridgehead atoms. The molecule has 0 unspecified atom stereocenters. The molecule has 11 rings (SSSR count). The Labute approximate surface area is 312 Å². The first-order valence-electron chi connectivity index (χ1n) is 18.4. The highest BCUT2D eigenvalue weighted by atomic mass is 32.2. The van der Waals surface area contributed by atoms with E-state index in [1.54, 1.807) is 18.2 Å². The molecule has 4 nitrogen and oxygen atoms in total. The number of fused-ring (bicyclic) bond motifs is 6. The lowest BCUT2D eigenvalue weighted by molar-refractivity contribution is 0.594. The Hall–Kier alpha value is -6.56. The van der Waals surface area contributed by atoms with Gasteiger partial charge in [-0.3, -0.25) is 4.57 Å². The van der Waals surface area contributed by atoms with E-state index in [1.807, 2.05) is 18.2 Å². The van der Waals surface area contributed by atoms with Gasteiger partial charge in [0.2, 0.25) is 9.84 Å². The summed E-state index contributed by atoms with van der Waals surface area (Å²) in [4.78, 5) is 5.48. The third-order valence-electron chi connectivity index (χ3n) is 11.3. The van der Waals surface area contributed by atoms with Crippen LogP contribution in [0.25, 0.3) is 93.2 Å². The molecular weight excluding hydrogens is 681 g/mol. The van der Waals surface area contributed by atoms with E-state index in [-0.39, 0.29) is 0 Å². The molecule has 0 saturated carbocycles. The van der Waals surface area contributed by atoms with Gasteiger partial charge < -0.3 is 0 Å². The summed E-state index contributed by atoms with van der Waals surface area (Å²) in [5.41, 5.74) is 8.71. The number of rotatable bonds is 4. The molecule has 0 spiro atoms. The predicted octanol–water partition coefficient (Wildman–Crippen LogP) is 12.3. The van der Waals surface area contributed by atoms with Gasteiger partial charge in [-0.05, 0) is 107 Å². The highest BCUT2D eigenvalue weighted by Gasteiger charge is 2.33. The number of hydrogen-bond acceptors (Lipinski definition) is 3. The van der Waals surface area contributed by atoms with Gasteiger partial charge in [-0.25, -0.2) is 13.4 Å². The summed E-state index contributed by atoms with van der Waals surface area (Å²) in [6, 6.07) is 57.1. The van der Waals surface area contributed by atoms with E-state index in [9.17, 15) is 8.42 Å². The Bertz CT molecular complexity index is 3330.